The molecule has 15 heavy (non-hydrogen) atoms. The number of hydrogen-bond donors (Lipinski definition) is 2. The Morgan fingerprint density at radius 3 is 2.60 bits per heavy atom. The largest absolute Gasteiger partial charge is 0.349 e. The number of rotatable bonds is 5. The average Bonchev–Trinajstić information content (AvgIpc) is 2.29. The van der Waals surface area contributed by atoms with Gasteiger partial charge in [0.25, 0.3) is 5.91 Å². The highest BCUT2D eigenvalue weighted by molar-refractivity contribution is 5.94. The van der Waals surface area contributed by atoms with E-state index in [0.717, 1.165) is 12.8 Å². The van der Waals surface area contributed by atoms with E-state index in [1.807, 2.05) is 37.3 Å². The van der Waals surface area contributed by atoms with Gasteiger partial charge in [-0.05, 0) is 31.5 Å². The van der Waals surface area contributed by atoms with Crippen LogP contribution in [0.2, 0.25) is 0 Å². The number of carbonyl (C=O) groups is 1. The Kier molecular flexibility index (Phi) is 4.84. The summed E-state index contributed by atoms with van der Waals surface area (Å²) in [6.07, 6.45) is 1.74. The van der Waals surface area contributed by atoms with Crippen LogP contribution in [0.15, 0.2) is 30.3 Å². The van der Waals surface area contributed by atoms with Crippen LogP contribution in [0.25, 0.3) is 0 Å². The van der Waals surface area contributed by atoms with Crippen molar-refractivity contribution in [3.63, 3.8) is 0 Å². The Balaban J connectivity index is 2.55. The molecule has 82 valence electrons. The molecule has 0 saturated heterocycles. The molecule has 1 amide bonds. The fourth-order valence-electron chi connectivity index (χ4n) is 1.44. The second kappa shape index (κ2) is 6.19. The van der Waals surface area contributed by atoms with E-state index < -0.39 is 0 Å². The van der Waals surface area contributed by atoms with E-state index in [2.05, 4.69) is 5.32 Å². The molecular weight excluding hydrogens is 188 g/mol. The van der Waals surface area contributed by atoms with Gasteiger partial charge in [-0.25, -0.2) is 0 Å². The van der Waals surface area contributed by atoms with Gasteiger partial charge in [-0.3, -0.25) is 4.79 Å². The molecule has 0 aromatic heterocycles. The van der Waals surface area contributed by atoms with Crippen LogP contribution in [0.1, 0.15) is 30.1 Å². The number of nitrogens with two attached hydrogens (primary N) is 1. The first-order valence-electron chi connectivity index (χ1n) is 5.34. The molecule has 3 N–H and O–H groups in total. The van der Waals surface area contributed by atoms with Crippen LogP contribution >= 0.6 is 0 Å². The van der Waals surface area contributed by atoms with Crippen LogP contribution in [0.5, 0.6) is 0 Å². The molecular formula is C12H18N2O. The van der Waals surface area contributed by atoms with Gasteiger partial charge >= 0.3 is 0 Å². The first-order chi connectivity index (χ1) is 7.27. The van der Waals surface area contributed by atoms with E-state index in [1.165, 1.54) is 0 Å². The molecule has 0 bridgehead atoms. The summed E-state index contributed by atoms with van der Waals surface area (Å²) in [5.41, 5.74) is 6.17. The summed E-state index contributed by atoms with van der Waals surface area (Å²) >= 11 is 0. The third-order valence-corrected chi connectivity index (χ3v) is 2.38. The van der Waals surface area contributed by atoms with Crippen molar-refractivity contribution in [1.82, 2.24) is 5.32 Å². The van der Waals surface area contributed by atoms with E-state index in [4.69, 9.17) is 5.73 Å². The third-order valence-electron chi connectivity index (χ3n) is 2.38. The summed E-state index contributed by atoms with van der Waals surface area (Å²) in [5, 5.41) is 2.96. The molecule has 0 radical (unpaired) electrons. The van der Waals surface area contributed by atoms with Crippen molar-refractivity contribution < 1.29 is 4.79 Å². The summed E-state index contributed by atoms with van der Waals surface area (Å²) in [6, 6.07) is 9.42. The van der Waals surface area contributed by atoms with Gasteiger partial charge in [-0.2, -0.15) is 0 Å². The van der Waals surface area contributed by atoms with Crippen molar-refractivity contribution in [2.75, 3.05) is 6.54 Å². The monoisotopic (exact) mass is 206 g/mol. The highest BCUT2D eigenvalue weighted by Gasteiger charge is 2.10. The van der Waals surface area contributed by atoms with Crippen molar-refractivity contribution in [1.29, 1.82) is 0 Å². The zero-order valence-electron chi connectivity index (χ0n) is 9.07. The number of benzene rings is 1. The molecule has 0 spiro atoms. The van der Waals surface area contributed by atoms with E-state index in [1.54, 1.807) is 0 Å². The van der Waals surface area contributed by atoms with Gasteiger partial charge in [-0.1, -0.05) is 25.1 Å². The minimum atomic E-state index is -0.0177. The van der Waals surface area contributed by atoms with Crippen molar-refractivity contribution in [3.05, 3.63) is 35.9 Å². The lowest BCUT2D eigenvalue weighted by Gasteiger charge is -2.15. The fourth-order valence-corrected chi connectivity index (χ4v) is 1.44. The van der Waals surface area contributed by atoms with Crippen LogP contribution in [0.3, 0.4) is 0 Å². The summed E-state index contributed by atoms with van der Waals surface area (Å²) in [6.45, 7) is 2.65. The molecule has 0 aliphatic rings. The van der Waals surface area contributed by atoms with E-state index in [0.29, 0.717) is 12.1 Å². The van der Waals surface area contributed by atoms with Gasteiger partial charge < -0.3 is 11.1 Å². The summed E-state index contributed by atoms with van der Waals surface area (Å²) in [7, 11) is 0. The van der Waals surface area contributed by atoms with Crippen LogP contribution in [0, 0.1) is 0 Å². The maximum Gasteiger partial charge on any atom is 0.251 e. The number of carbonyl (C=O) groups excluding carboxylic acids is 1. The third kappa shape index (κ3) is 3.72. The lowest BCUT2D eigenvalue weighted by molar-refractivity contribution is 0.0934. The maximum atomic E-state index is 11.7. The van der Waals surface area contributed by atoms with E-state index >= 15 is 0 Å². The van der Waals surface area contributed by atoms with Crippen molar-refractivity contribution >= 4 is 5.91 Å². The van der Waals surface area contributed by atoms with Gasteiger partial charge in [-0.15, -0.1) is 0 Å². The molecule has 0 heterocycles. The lowest BCUT2D eigenvalue weighted by atomic mass is 10.1. The van der Waals surface area contributed by atoms with Crippen LogP contribution in [0.4, 0.5) is 0 Å². The second-order valence-corrected chi connectivity index (χ2v) is 3.52. The predicted molar refractivity (Wildman–Crippen MR) is 61.7 cm³/mol. The number of amides is 1. The Morgan fingerprint density at radius 2 is 2.07 bits per heavy atom. The Hall–Kier alpha value is -1.35. The number of hydrogen-bond acceptors (Lipinski definition) is 2. The average molecular weight is 206 g/mol. The molecule has 1 aromatic rings. The molecule has 1 atom stereocenters. The predicted octanol–water partition coefficient (Wildman–Crippen LogP) is 1.54. The van der Waals surface area contributed by atoms with Crippen LogP contribution in [-0.4, -0.2) is 18.5 Å². The number of nitrogens with one attached hydrogen (secondary N) is 1. The molecule has 1 rings (SSSR count). The lowest BCUT2D eigenvalue weighted by Crippen LogP contribution is -2.35. The van der Waals surface area contributed by atoms with E-state index in [9.17, 15) is 4.79 Å². The molecule has 0 fully saturated rings. The molecule has 0 aliphatic carbocycles. The minimum absolute atomic E-state index is 0.0177. The zero-order valence-corrected chi connectivity index (χ0v) is 9.07. The van der Waals surface area contributed by atoms with E-state index in [-0.39, 0.29) is 11.9 Å². The van der Waals surface area contributed by atoms with Crippen molar-refractivity contribution in [3.8, 4) is 0 Å². The first-order valence-corrected chi connectivity index (χ1v) is 5.34. The van der Waals surface area contributed by atoms with Crippen molar-refractivity contribution in [2.24, 2.45) is 5.73 Å². The quantitative estimate of drug-likeness (QED) is 0.768. The molecule has 0 aliphatic heterocycles. The first kappa shape index (κ1) is 11.7. The highest BCUT2D eigenvalue weighted by atomic mass is 16.1. The maximum absolute atomic E-state index is 11.7. The molecule has 3 heteroatoms. The van der Waals surface area contributed by atoms with Gasteiger partial charge in [0.15, 0.2) is 0 Å². The standard InChI is InChI=1S/C12H18N2O/c1-2-11(8-9-13)14-12(15)10-6-4-3-5-7-10/h3-7,11H,2,8-9,13H2,1H3,(H,14,15). The Morgan fingerprint density at radius 1 is 1.40 bits per heavy atom. The molecule has 3 nitrogen and oxygen atoms in total. The molecule has 1 aromatic carbocycles. The van der Waals surface area contributed by atoms with Crippen LogP contribution < -0.4 is 11.1 Å². The Bertz CT molecular complexity index is 298. The van der Waals surface area contributed by atoms with Crippen LogP contribution in [-0.2, 0) is 0 Å². The summed E-state index contributed by atoms with van der Waals surface area (Å²) in [4.78, 5) is 11.7. The Labute approximate surface area is 90.7 Å². The van der Waals surface area contributed by atoms with Gasteiger partial charge in [0.05, 0.1) is 0 Å². The van der Waals surface area contributed by atoms with Gasteiger partial charge in [0.1, 0.15) is 0 Å². The normalized spacial score (nSPS) is 12.1. The summed E-state index contributed by atoms with van der Waals surface area (Å²) in [5.74, 6) is -0.0177. The van der Waals surface area contributed by atoms with Gasteiger partial charge in [0, 0.05) is 11.6 Å². The summed E-state index contributed by atoms with van der Waals surface area (Å²) < 4.78 is 0. The zero-order chi connectivity index (χ0) is 11.1. The van der Waals surface area contributed by atoms with Gasteiger partial charge in [0.2, 0.25) is 0 Å². The smallest absolute Gasteiger partial charge is 0.251 e. The fraction of sp³-hybridized carbons (Fsp3) is 0.417. The molecule has 0 saturated carbocycles. The SMILES string of the molecule is CCC(CCN)NC(=O)c1ccccc1. The minimum Gasteiger partial charge on any atom is -0.349 e. The van der Waals surface area contributed by atoms with Crippen molar-refractivity contribution in [2.45, 2.75) is 25.8 Å². The second-order valence-electron chi connectivity index (χ2n) is 3.52. The topological polar surface area (TPSA) is 55.1 Å². The highest BCUT2D eigenvalue weighted by Crippen LogP contribution is 2.01. The molecule has 1 unspecified atom stereocenters.